The molecule has 0 saturated carbocycles. The molecule has 2 atom stereocenters. The number of nitrogens with zero attached hydrogens (tertiary/aromatic N) is 4. The Balaban J connectivity index is 1.62. The number of aryl methyl sites for hydroxylation is 2. The van der Waals surface area contributed by atoms with Gasteiger partial charge < -0.3 is 14.8 Å². The highest BCUT2D eigenvalue weighted by molar-refractivity contribution is 7.80. The lowest BCUT2D eigenvalue weighted by Gasteiger charge is -2.28. The smallest absolute Gasteiger partial charge is 0.170 e. The molecule has 4 heterocycles. The Labute approximate surface area is 200 Å². The van der Waals surface area contributed by atoms with Gasteiger partial charge in [-0.3, -0.25) is 9.97 Å². The van der Waals surface area contributed by atoms with Gasteiger partial charge in [0.15, 0.2) is 5.11 Å². The van der Waals surface area contributed by atoms with Gasteiger partial charge in [-0.15, -0.1) is 0 Å². The van der Waals surface area contributed by atoms with Crippen molar-refractivity contribution in [2.75, 3.05) is 0 Å². The lowest BCUT2D eigenvalue weighted by Crippen LogP contribution is -2.29. The summed E-state index contributed by atoms with van der Waals surface area (Å²) in [5, 5.41) is 4.28. The predicted octanol–water partition coefficient (Wildman–Crippen LogP) is 5.37. The normalized spacial score (nSPS) is 17.9. The Morgan fingerprint density at radius 1 is 0.909 bits per heavy atom. The first-order chi connectivity index (χ1) is 16.0. The Morgan fingerprint density at radius 2 is 1.70 bits per heavy atom. The average molecular weight is 454 g/mol. The van der Waals surface area contributed by atoms with Crippen LogP contribution in [0.5, 0.6) is 0 Å². The maximum absolute atomic E-state index is 5.84. The summed E-state index contributed by atoms with van der Waals surface area (Å²) in [5.41, 5.74) is 8.04. The molecule has 1 fully saturated rings. The van der Waals surface area contributed by atoms with Gasteiger partial charge in [-0.25, -0.2) is 0 Å². The number of nitrogens with one attached hydrogen (secondary N) is 1. The molecule has 1 aliphatic heterocycles. The highest BCUT2D eigenvalue weighted by Crippen LogP contribution is 2.42. The minimum atomic E-state index is -0.0473. The monoisotopic (exact) mass is 453 g/mol. The molecular weight excluding hydrogens is 426 g/mol. The van der Waals surface area contributed by atoms with Crippen molar-refractivity contribution in [3.05, 3.63) is 113 Å². The number of aromatic nitrogens is 3. The molecule has 1 N–H and O–H groups in total. The maximum Gasteiger partial charge on any atom is 0.170 e. The van der Waals surface area contributed by atoms with Crippen LogP contribution in [0.15, 0.2) is 79.1 Å². The molecule has 33 heavy (non-hydrogen) atoms. The van der Waals surface area contributed by atoms with Crippen LogP contribution in [0, 0.1) is 20.8 Å². The quantitative estimate of drug-likeness (QED) is 0.412. The molecule has 0 aliphatic carbocycles. The van der Waals surface area contributed by atoms with E-state index < -0.39 is 0 Å². The lowest BCUT2D eigenvalue weighted by molar-refractivity contribution is 0.307. The number of hydrogen-bond donors (Lipinski definition) is 1. The van der Waals surface area contributed by atoms with Crippen LogP contribution < -0.4 is 5.32 Å². The van der Waals surface area contributed by atoms with Crippen LogP contribution >= 0.6 is 12.2 Å². The zero-order valence-electron chi connectivity index (χ0n) is 19.1. The van der Waals surface area contributed by atoms with Crippen LogP contribution in [0.3, 0.4) is 0 Å². The van der Waals surface area contributed by atoms with Crippen molar-refractivity contribution in [2.24, 2.45) is 0 Å². The summed E-state index contributed by atoms with van der Waals surface area (Å²) < 4.78 is 2.33. The van der Waals surface area contributed by atoms with E-state index in [4.69, 9.17) is 12.2 Å². The minimum absolute atomic E-state index is 0.000773. The largest absolute Gasteiger partial charge is 0.352 e. The van der Waals surface area contributed by atoms with Gasteiger partial charge in [-0.1, -0.05) is 24.3 Å². The van der Waals surface area contributed by atoms with Crippen LogP contribution in [0.4, 0.5) is 0 Å². The fourth-order valence-electron chi connectivity index (χ4n) is 4.83. The maximum atomic E-state index is 5.84. The molecule has 166 valence electrons. The third-order valence-corrected chi connectivity index (χ3v) is 6.66. The van der Waals surface area contributed by atoms with Crippen LogP contribution in [-0.2, 0) is 6.54 Å². The van der Waals surface area contributed by atoms with Gasteiger partial charge >= 0.3 is 0 Å². The second-order valence-corrected chi connectivity index (χ2v) is 8.96. The lowest BCUT2D eigenvalue weighted by atomic mass is 9.96. The molecule has 4 aromatic rings. The van der Waals surface area contributed by atoms with Crippen molar-refractivity contribution in [3.63, 3.8) is 0 Å². The van der Waals surface area contributed by atoms with Crippen molar-refractivity contribution < 1.29 is 0 Å². The van der Waals surface area contributed by atoms with Gasteiger partial charge in [-0.2, -0.15) is 0 Å². The van der Waals surface area contributed by atoms with Gasteiger partial charge in [0.05, 0.1) is 30.0 Å². The molecule has 0 unspecified atom stereocenters. The molecule has 3 aromatic heterocycles. The van der Waals surface area contributed by atoms with Gasteiger partial charge in [0, 0.05) is 29.5 Å². The number of hydrogen-bond acceptors (Lipinski definition) is 3. The van der Waals surface area contributed by atoms with E-state index in [-0.39, 0.29) is 12.1 Å². The van der Waals surface area contributed by atoms with Crippen LogP contribution in [-0.4, -0.2) is 24.5 Å². The van der Waals surface area contributed by atoms with Crippen molar-refractivity contribution in [1.82, 2.24) is 24.8 Å². The third kappa shape index (κ3) is 4.02. The predicted molar refractivity (Wildman–Crippen MR) is 135 cm³/mol. The number of benzene rings is 1. The first-order valence-corrected chi connectivity index (χ1v) is 11.6. The van der Waals surface area contributed by atoms with E-state index in [1.807, 2.05) is 42.7 Å². The first kappa shape index (κ1) is 21.3. The summed E-state index contributed by atoms with van der Waals surface area (Å²) in [6.45, 7) is 7.12. The van der Waals surface area contributed by atoms with Crippen molar-refractivity contribution in [1.29, 1.82) is 0 Å². The van der Waals surface area contributed by atoms with Crippen LogP contribution in [0.1, 0.15) is 46.0 Å². The van der Waals surface area contributed by atoms with E-state index in [9.17, 15) is 0 Å². The van der Waals surface area contributed by atoms with E-state index in [1.165, 1.54) is 28.2 Å². The Morgan fingerprint density at radius 3 is 2.39 bits per heavy atom. The average Bonchev–Trinajstić information content (AvgIpc) is 3.30. The second-order valence-electron chi connectivity index (χ2n) is 8.58. The summed E-state index contributed by atoms with van der Waals surface area (Å²) in [7, 11) is 0. The summed E-state index contributed by atoms with van der Waals surface area (Å²) >= 11 is 5.84. The van der Waals surface area contributed by atoms with E-state index in [0.29, 0.717) is 6.54 Å². The highest BCUT2D eigenvalue weighted by atomic mass is 32.1. The fourth-order valence-corrected chi connectivity index (χ4v) is 5.14. The van der Waals surface area contributed by atoms with E-state index in [2.05, 4.69) is 81.9 Å². The van der Waals surface area contributed by atoms with E-state index in [1.54, 1.807) is 0 Å². The molecule has 6 heteroatoms. The molecule has 1 aliphatic rings. The van der Waals surface area contributed by atoms with Gasteiger partial charge in [-0.05, 0) is 86.6 Å². The third-order valence-electron chi connectivity index (χ3n) is 6.31. The molecule has 1 aromatic carbocycles. The Kier molecular flexibility index (Phi) is 5.68. The van der Waals surface area contributed by atoms with E-state index in [0.717, 1.165) is 16.5 Å². The topological polar surface area (TPSA) is 46.0 Å². The summed E-state index contributed by atoms with van der Waals surface area (Å²) in [6, 6.07) is 22.9. The summed E-state index contributed by atoms with van der Waals surface area (Å²) in [5.74, 6) is 0. The number of pyridine rings is 2. The Bertz CT molecular complexity index is 1280. The number of rotatable bonds is 5. The molecule has 0 bridgehead atoms. The van der Waals surface area contributed by atoms with Crippen molar-refractivity contribution in [3.8, 4) is 5.69 Å². The van der Waals surface area contributed by atoms with Crippen LogP contribution in [0.25, 0.3) is 5.69 Å². The van der Waals surface area contributed by atoms with E-state index >= 15 is 0 Å². The van der Waals surface area contributed by atoms with Crippen molar-refractivity contribution in [2.45, 2.75) is 39.4 Å². The highest BCUT2D eigenvalue weighted by Gasteiger charge is 2.41. The molecular formula is C27H27N5S. The molecule has 0 amide bonds. The van der Waals surface area contributed by atoms with Crippen LogP contribution in [0.2, 0.25) is 0 Å². The van der Waals surface area contributed by atoms with Gasteiger partial charge in [0.1, 0.15) is 0 Å². The van der Waals surface area contributed by atoms with Gasteiger partial charge in [0.2, 0.25) is 0 Å². The molecule has 5 nitrogen and oxygen atoms in total. The Hall–Kier alpha value is -3.51. The second kappa shape index (κ2) is 8.79. The summed E-state index contributed by atoms with van der Waals surface area (Å²) in [4.78, 5) is 11.5. The molecule has 1 saturated heterocycles. The molecule has 0 radical (unpaired) electrons. The first-order valence-electron chi connectivity index (χ1n) is 11.2. The molecule has 0 spiro atoms. The summed E-state index contributed by atoms with van der Waals surface area (Å²) in [6.07, 6.45) is 3.67. The van der Waals surface area contributed by atoms with Crippen molar-refractivity contribution >= 4 is 17.3 Å². The standard InChI is InChI=1S/C27H27N5S/c1-18-9-8-11-22(15-18)32-19(2)16-23(20(32)3)26-25(24-12-5-7-14-29-24)30-27(33)31(26)17-21-10-4-6-13-28-21/h4-16,25-26H,17H2,1-3H3,(H,30,33)/t25-,26+/m0/s1. The SMILES string of the molecule is Cc1cccc(-n2c(C)cc([C@@H]3[C@H](c4ccccn4)NC(=S)N3Cc3ccccn3)c2C)c1. The minimum Gasteiger partial charge on any atom is -0.352 e. The zero-order chi connectivity index (χ0) is 22.9. The van der Waals surface area contributed by atoms with Gasteiger partial charge in [0.25, 0.3) is 0 Å². The zero-order valence-corrected chi connectivity index (χ0v) is 19.9. The molecule has 5 rings (SSSR count). The number of thiocarbonyl (C=S) groups is 1. The fraction of sp³-hybridized carbons (Fsp3) is 0.222.